The molecule has 0 aromatic heterocycles. The molecule has 2 fully saturated rings. The molecular formula is C16H33N3. The summed E-state index contributed by atoms with van der Waals surface area (Å²) < 4.78 is 0. The summed E-state index contributed by atoms with van der Waals surface area (Å²) in [5.74, 6) is 0. The fourth-order valence-corrected chi connectivity index (χ4v) is 3.46. The van der Waals surface area contributed by atoms with Crippen molar-refractivity contribution in [2.24, 2.45) is 0 Å². The summed E-state index contributed by atoms with van der Waals surface area (Å²) in [6, 6.07) is 1.55. The lowest BCUT2D eigenvalue weighted by Crippen LogP contribution is -2.47. The highest BCUT2D eigenvalue weighted by Crippen LogP contribution is 2.22. The van der Waals surface area contributed by atoms with Crippen molar-refractivity contribution in [3.8, 4) is 0 Å². The maximum atomic E-state index is 3.68. The normalized spacial score (nSPS) is 28.1. The van der Waals surface area contributed by atoms with Crippen molar-refractivity contribution < 1.29 is 0 Å². The van der Waals surface area contributed by atoms with E-state index in [4.69, 9.17) is 0 Å². The van der Waals surface area contributed by atoms with Gasteiger partial charge in [0.2, 0.25) is 0 Å². The summed E-state index contributed by atoms with van der Waals surface area (Å²) in [6.07, 6.45) is 5.47. The minimum Gasteiger partial charge on any atom is -0.311 e. The Morgan fingerprint density at radius 2 is 1.84 bits per heavy atom. The zero-order valence-electron chi connectivity index (χ0n) is 13.4. The minimum atomic E-state index is 0.238. The molecule has 3 heteroatoms. The first-order valence-electron chi connectivity index (χ1n) is 8.22. The van der Waals surface area contributed by atoms with Gasteiger partial charge in [0.25, 0.3) is 0 Å². The monoisotopic (exact) mass is 267 g/mol. The van der Waals surface area contributed by atoms with Crippen LogP contribution in [-0.4, -0.2) is 60.1 Å². The highest BCUT2D eigenvalue weighted by Gasteiger charge is 2.32. The van der Waals surface area contributed by atoms with Gasteiger partial charge in [0.1, 0.15) is 0 Å². The van der Waals surface area contributed by atoms with E-state index in [9.17, 15) is 0 Å². The first kappa shape index (κ1) is 15.3. The van der Waals surface area contributed by atoms with Crippen LogP contribution in [0, 0.1) is 0 Å². The van der Waals surface area contributed by atoms with E-state index in [1.807, 2.05) is 0 Å². The van der Waals surface area contributed by atoms with Gasteiger partial charge >= 0.3 is 0 Å². The minimum absolute atomic E-state index is 0.238. The van der Waals surface area contributed by atoms with Gasteiger partial charge < -0.3 is 5.32 Å². The van der Waals surface area contributed by atoms with E-state index in [-0.39, 0.29) is 5.54 Å². The van der Waals surface area contributed by atoms with Gasteiger partial charge in [-0.05, 0) is 59.5 Å². The third kappa shape index (κ3) is 4.44. The molecule has 2 aliphatic rings. The summed E-state index contributed by atoms with van der Waals surface area (Å²) in [6.45, 7) is 15.5. The van der Waals surface area contributed by atoms with Crippen molar-refractivity contribution in [1.29, 1.82) is 0 Å². The van der Waals surface area contributed by atoms with Crippen LogP contribution >= 0.6 is 0 Å². The van der Waals surface area contributed by atoms with Crippen LogP contribution in [0.3, 0.4) is 0 Å². The number of hydrogen-bond acceptors (Lipinski definition) is 3. The van der Waals surface area contributed by atoms with Gasteiger partial charge in [-0.3, -0.25) is 9.80 Å². The molecule has 2 heterocycles. The van der Waals surface area contributed by atoms with Crippen LogP contribution in [0.1, 0.15) is 53.4 Å². The van der Waals surface area contributed by atoms with E-state index < -0.39 is 0 Å². The SMILES string of the molecule is CCC(CNC(C)(C)C)N1CCC(N2CCCC2)C1. The lowest BCUT2D eigenvalue weighted by atomic mass is 10.1. The zero-order valence-corrected chi connectivity index (χ0v) is 13.4. The van der Waals surface area contributed by atoms with E-state index in [0.717, 1.165) is 12.6 Å². The Morgan fingerprint density at radius 1 is 1.16 bits per heavy atom. The number of rotatable bonds is 5. The Labute approximate surface area is 119 Å². The second kappa shape index (κ2) is 6.55. The van der Waals surface area contributed by atoms with Gasteiger partial charge in [0.05, 0.1) is 0 Å². The summed E-state index contributed by atoms with van der Waals surface area (Å²) in [7, 11) is 0. The highest BCUT2D eigenvalue weighted by atomic mass is 15.3. The predicted molar refractivity (Wildman–Crippen MR) is 82.6 cm³/mol. The molecule has 2 saturated heterocycles. The lowest BCUT2D eigenvalue weighted by Gasteiger charge is -2.31. The quantitative estimate of drug-likeness (QED) is 0.825. The van der Waals surface area contributed by atoms with Gasteiger partial charge in [-0.15, -0.1) is 0 Å². The maximum absolute atomic E-state index is 3.68. The van der Waals surface area contributed by atoms with Crippen LogP contribution in [0.25, 0.3) is 0 Å². The molecule has 2 unspecified atom stereocenters. The van der Waals surface area contributed by atoms with Crippen molar-refractivity contribution in [3.63, 3.8) is 0 Å². The summed E-state index contributed by atoms with van der Waals surface area (Å²) in [4.78, 5) is 5.45. The van der Waals surface area contributed by atoms with Gasteiger partial charge in [-0.2, -0.15) is 0 Å². The Balaban J connectivity index is 1.80. The Bertz CT molecular complexity index is 266. The third-order valence-corrected chi connectivity index (χ3v) is 4.71. The maximum Gasteiger partial charge on any atom is 0.0235 e. The molecule has 0 spiro atoms. The molecule has 2 atom stereocenters. The van der Waals surface area contributed by atoms with Gasteiger partial charge in [-0.1, -0.05) is 6.92 Å². The fraction of sp³-hybridized carbons (Fsp3) is 1.00. The average Bonchev–Trinajstić information content (AvgIpc) is 2.98. The molecule has 0 aromatic carbocycles. The van der Waals surface area contributed by atoms with Crippen molar-refractivity contribution in [1.82, 2.24) is 15.1 Å². The molecule has 0 aromatic rings. The van der Waals surface area contributed by atoms with Gasteiger partial charge in [0, 0.05) is 37.3 Å². The highest BCUT2D eigenvalue weighted by molar-refractivity contribution is 4.89. The van der Waals surface area contributed by atoms with Crippen LogP contribution in [-0.2, 0) is 0 Å². The molecule has 0 amide bonds. The number of nitrogens with zero attached hydrogens (tertiary/aromatic N) is 2. The predicted octanol–water partition coefficient (Wildman–Crippen LogP) is 2.32. The molecule has 2 aliphatic heterocycles. The Kier molecular flexibility index (Phi) is 5.27. The van der Waals surface area contributed by atoms with E-state index in [0.29, 0.717) is 6.04 Å². The molecule has 2 rings (SSSR count). The van der Waals surface area contributed by atoms with Crippen molar-refractivity contribution in [3.05, 3.63) is 0 Å². The van der Waals surface area contributed by atoms with Crippen LogP contribution in [0.4, 0.5) is 0 Å². The second-order valence-electron chi connectivity index (χ2n) is 7.37. The van der Waals surface area contributed by atoms with E-state index in [1.54, 1.807) is 0 Å². The summed E-state index contributed by atoms with van der Waals surface area (Å²) in [5, 5.41) is 3.68. The zero-order chi connectivity index (χ0) is 13.9. The molecule has 0 bridgehead atoms. The van der Waals surface area contributed by atoms with E-state index in [2.05, 4.69) is 42.8 Å². The largest absolute Gasteiger partial charge is 0.311 e. The Morgan fingerprint density at radius 3 is 2.42 bits per heavy atom. The van der Waals surface area contributed by atoms with Crippen LogP contribution in [0.15, 0.2) is 0 Å². The molecule has 0 radical (unpaired) electrons. The molecule has 3 nitrogen and oxygen atoms in total. The van der Waals surface area contributed by atoms with Crippen LogP contribution < -0.4 is 5.32 Å². The lowest BCUT2D eigenvalue weighted by molar-refractivity contribution is 0.186. The fourth-order valence-electron chi connectivity index (χ4n) is 3.46. The van der Waals surface area contributed by atoms with E-state index >= 15 is 0 Å². The topological polar surface area (TPSA) is 18.5 Å². The molecule has 112 valence electrons. The number of hydrogen-bond donors (Lipinski definition) is 1. The standard InChI is InChI=1S/C16H33N3/c1-5-14(12-17-16(2,3)4)19-11-8-15(13-19)18-9-6-7-10-18/h14-15,17H,5-13H2,1-4H3. The van der Waals surface area contributed by atoms with Gasteiger partial charge in [0.15, 0.2) is 0 Å². The molecule has 19 heavy (non-hydrogen) atoms. The van der Waals surface area contributed by atoms with Crippen molar-refractivity contribution in [2.75, 3.05) is 32.7 Å². The van der Waals surface area contributed by atoms with Crippen LogP contribution in [0.5, 0.6) is 0 Å². The smallest absolute Gasteiger partial charge is 0.0235 e. The molecular weight excluding hydrogens is 234 g/mol. The Hall–Kier alpha value is -0.120. The van der Waals surface area contributed by atoms with Crippen LogP contribution in [0.2, 0.25) is 0 Å². The van der Waals surface area contributed by atoms with Crippen molar-refractivity contribution in [2.45, 2.75) is 71.0 Å². The van der Waals surface area contributed by atoms with E-state index in [1.165, 1.54) is 51.9 Å². The molecule has 0 aliphatic carbocycles. The third-order valence-electron chi connectivity index (χ3n) is 4.71. The summed E-state index contributed by atoms with van der Waals surface area (Å²) >= 11 is 0. The molecule has 1 N–H and O–H groups in total. The second-order valence-corrected chi connectivity index (χ2v) is 7.37. The number of nitrogens with one attached hydrogen (secondary N) is 1. The first-order valence-corrected chi connectivity index (χ1v) is 8.22. The van der Waals surface area contributed by atoms with Gasteiger partial charge in [-0.25, -0.2) is 0 Å². The molecule has 0 saturated carbocycles. The summed E-state index contributed by atoms with van der Waals surface area (Å²) in [5.41, 5.74) is 0.238. The first-order chi connectivity index (χ1) is 8.99. The number of likely N-dealkylation sites (tertiary alicyclic amines) is 2. The average molecular weight is 267 g/mol. The van der Waals surface area contributed by atoms with Crippen molar-refractivity contribution >= 4 is 0 Å².